The SMILES string of the molecule is CC(=O)OCC1=C2CCC(C)=CC[C@H](O)C(C)=C[C@H]2OC1=O. The average molecular weight is 306 g/mol. The highest BCUT2D eigenvalue weighted by Crippen LogP contribution is 2.31. The number of aliphatic hydroxyl groups excluding tert-OH is 1. The lowest BCUT2D eigenvalue weighted by atomic mass is 9.93. The minimum Gasteiger partial charge on any atom is -0.461 e. The number of hydrogen-bond acceptors (Lipinski definition) is 5. The molecule has 0 radical (unpaired) electrons. The molecule has 0 unspecified atom stereocenters. The van der Waals surface area contributed by atoms with Crippen LogP contribution in [0.3, 0.4) is 0 Å². The van der Waals surface area contributed by atoms with Gasteiger partial charge in [-0.3, -0.25) is 4.79 Å². The molecular formula is C17H22O5. The van der Waals surface area contributed by atoms with Crippen LogP contribution in [-0.2, 0) is 19.1 Å². The Bertz CT molecular complexity index is 568. The number of esters is 2. The molecule has 0 aromatic heterocycles. The van der Waals surface area contributed by atoms with Crippen molar-refractivity contribution in [1.82, 2.24) is 0 Å². The second-order valence-electron chi connectivity index (χ2n) is 5.82. The lowest BCUT2D eigenvalue weighted by molar-refractivity contribution is -0.142. The average Bonchev–Trinajstić information content (AvgIpc) is 2.74. The van der Waals surface area contributed by atoms with Crippen LogP contribution in [0.15, 0.2) is 34.4 Å². The van der Waals surface area contributed by atoms with Gasteiger partial charge in [0.05, 0.1) is 11.7 Å². The highest BCUT2D eigenvalue weighted by atomic mass is 16.6. The summed E-state index contributed by atoms with van der Waals surface area (Å²) in [6.07, 6.45) is 4.78. The minimum atomic E-state index is -0.578. The maximum absolute atomic E-state index is 12.0. The van der Waals surface area contributed by atoms with E-state index >= 15 is 0 Å². The van der Waals surface area contributed by atoms with Gasteiger partial charge in [0, 0.05) is 6.92 Å². The van der Waals surface area contributed by atoms with E-state index in [2.05, 4.69) is 0 Å². The number of carbonyl (C=O) groups is 2. The zero-order chi connectivity index (χ0) is 16.3. The molecule has 22 heavy (non-hydrogen) atoms. The number of aliphatic hydroxyl groups is 1. The molecule has 2 rings (SSSR count). The van der Waals surface area contributed by atoms with E-state index in [9.17, 15) is 14.7 Å². The Morgan fingerprint density at radius 1 is 1.41 bits per heavy atom. The molecule has 2 aliphatic rings. The van der Waals surface area contributed by atoms with Crippen molar-refractivity contribution < 1.29 is 24.2 Å². The van der Waals surface area contributed by atoms with Gasteiger partial charge in [-0.1, -0.05) is 11.6 Å². The third-order valence-corrected chi connectivity index (χ3v) is 4.05. The Morgan fingerprint density at radius 3 is 2.82 bits per heavy atom. The van der Waals surface area contributed by atoms with E-state index in [1.165, 1.54) is 6.92 Å². The lowest BCUT2D eigenvalue weighted by Gasteiger charge is -2.17. The first-order valence-electron chi connectivity index (χ1n) is 7.46. The highest BCUT2D eigenvalue weighted by Gasteiger charge is 2.33. The maximum atomic E-state index is 12.0. The maximum Gasteiger partial charge on any atom is 0.338 e. The second-order valence-corrected chi connectivity index (χ2v) is 5.82. The van der Waals surface area contributed by atoms with E-state index in [1.54, 1.807) is 6.08 Å². The fourth-order valence-corrected chi connectivity index (χ4v) is 2.60. The standard InChI is InChI=1S/C17H22O5/c1-10-4-6-13-14(9-21-12(3)18)17(20)22-16(13)8-11(2)15(19)7-5-10/h5,8,15-16,19H,4,6-7,9H2,1-3H3/t15-,16+/m0/s1. The van der Waals surface area contributed by atoms with Gasteiger partial charge < -0.3 is 14.6 Å². The normalized spacial score (nSPS) is 25.9. The van der Waals surface area contributed by atoms with Crippen molar-refractivity contribution in [2.24, 2.45) is 0 Å². The van der Waals surface area contributed by atoms with E-state index in [1.807, 2.05) is 19.9 Å². The first-order valence-corrected chi connectivity index (χ1v) is 7.46. The summed E-state index contributed by atoms with van der Waals surface area (Å²) in [5, 5.41) is 10.1. The molecule has 0 spiro atoms. The van der Waals surface area contributed by atoms with E-state index in [-0.39, 0.29) is 6.61 Å². The van der Waals surface area contributed by atoms with Crippen LogP contribution in [0.4, 0.5) is 0 Å². The Balaban J connectivity index is 2.34. The molecule has 5 nitrogen and oxygen atoms in total. The summed E-state index contributed by atoms with van der Waals surface area (Å²) in [4.78, 5) is 23.0. The summed E-state index contributed by atoms with van der Waals surface area (Å²) < 4.78 is 10.4. The van der Waals surface area contributed by atoms with Gasteiger partial charge in [-0.15, -0.1) is 0 Å². The van der Waals surface area contributed by atoms with Crippen molar-refractivity contribution in [3.05, 3.63) is 34.4 Å². The third-order valence-electron chi connectivity index (χ3n) is 4.05. The summed E-state index contributed by atoms with van der Waals surface area (Å²) in [7, 11) is 0. The number of fused-ring (bicyclic) bond motifs is 1. The second kappa shape index (κ2) is 6.92. The zero-order valence-corrected chi connectivity index (χ0v) is 13.2. The smallest absolute Gasteiger partial charge is 0.338 e. The van der Waals surface area contributed by atoms with Crippen LogP contribution in [0.5, 0.6) is 0 Å². The first-order chi connectivity index (χ1) is 10.4. The number of allylic oxidation sites excluding steroid dienone is 1. The van der Waals surface area contributed by atoms with Gasteiger partial charge in [0.25, 0.3) is 0 Å². The zero-order valence-electron chi connectivity index (χ0n) is 13.2. The predicted molar refractivity (Wildman–Crippen MR) is 80.9 cm³/mol. The van der Waals surface area contributed by atoms with Crippen molar-refractivity contribution >= 4 is 11.9 Å². The molecule has 0 fully saturated rings. The highest BCUT2D eigenvalue weighted by molar-refractivity contribution is 5.93. The lowest BCUT2D eigenvalue weighted by Crippen LogP contribution is -2.15. The molecule has 0 aromatic rings. The van der Waals surface area contributed by atoms with Crippen LogP contribution in [0.1, 0.15) is 40.0 Å². The summed E-state index contributed by atoms with van der Waals surface area (Å²) in [6, 6.07) is 0. The molecule has 1 heterocycles. The Hall–Kier alpha value is -1.88. The fraction of sp³-hybridized carbons (Fsp3) is 0.529. The monoisotopic (exact) mass is 306 g/mol. The van der Waals surface area contributed by atoms with Gasteiger partial charge in [-0.05, 0) is 50.3 Å². The van der Waals surface area contributed by atoms with Crippen LogP contribution in [-0.4, -0.2) is 35.9 Å². The van der Waals surface area contributed by atoms with E-state index in [0.717, 1.165) is 23.1 Å². The van der Waals surface area contributed by atoms with Crippen molar-refractivity contribution in [1.29, 1.82) is 0 Å². The quantitative estimate of drug-likeness (QED) is 0.625. The van der Waals surface area contributed by atoms with Crippen LogP contribution < -0.4 is 0 Å². The van der Waals surface area contributed by atoms with Gasteiger partial charge in [-0.25, -0.2) is 4.79 Å². The van der Waals surface area contributed by atoms with Gasteiger partial charge in [0.1, 0.15) is 12.7 Å². The molecule has 0 bridgehead atoms. The van der Waals surface area contributed by atoms with Crippen LogP contribution in [0.2, 0.25) is 0 Å². The van der Waals surface area contributed by atoms with Crippen molar-refractivity contribution in [2.45, 2.75) is 52.2 Å². The van der Waals surface area contributed by atoms with Crippen LogP contribution in [0, 0.1) is 0 Å². The molecule has 0 aromatic carbocycles. The Morgan fingerprint density at radius 2 is 2.14 bits per heavy atom. The summed E-state index contributed by atoms with van der Waals surface area (Å²) in [6.45, 7) is 5.08. The number of hydrogen-bond donors (Lipinski definition) is 1. The molecular weight excluding hydrogens is 284 g/mol. The summed E-state index contributed by atoms with van der Waals surface area (Å²) >= 11 is 0. The van der Waals surface area contributed by atoms with Gasteiger partial charge in [0.2, 0.25) is 0 Å². The molecule has 2 atom stereocenters. The van der Waals surface area contributed by atoms with Crippen molar-refractivity contribution in [3.63, 3.8) is 0 Å². The van der Waals surface area contributed by atoms with Crippen LogP contribution >= 0.6 is 0 Å². The van der Waals surface area contributed by atoms with Crippen molar-refractivity contribution in [2.75, 3.05) is 6.61 Å². The summed E-state index contributed by atoms with van der Waals surface area (Å²) in [5.74, 6) is -0.872. The number of rotatable bonds is 2. The molecule has 0 amide bonds. The third kappa shape index (κ3) is 3.85. The predicted octanol–water partition coefficient (Wildman–Crippen LogP) is 2.21. The van der Waals surface area contributed by atoms with Gasteiger partial charge in [0.15, 0.2) is 0 Å². The Kier molecular flexibility index (Phi) is 5.19. The molecule has 120 valence electrons. The Labute approximate surface area is 130 Å². The molecule has 1 aliphatic heterocycles. The number of carbonyl (C=O) groups excluding carboxylic acids is 2. The fourth-order valence-electron chi connectivity index (χ4n) is 2.60. The topological polar surface area (TPSA) is 72.8 Å². The molecule has 1 aliphatic carbocycles. The van der Waals surface area contributed by atoms with Crippen molar-refractivity contribution in [3.8, 4) is 0 Å². The van der Waals surface area contributed by atoms with E-state index in [0.29, 0.717) is 18.4 Å². The van der Waals surface area contributed by atoms with Gasteiger partial charge >= 0.3 is 11.9 Å². The van der Waals surface area contributed by atoms with Gasteiger partial charge in [-0.2, -0.15) is 0 Å². The molecule has 0 saturated heterocycles. The molecule has 0 saturated carbocycles. The number of ether oxygens (including phenoxy) is 2. The van der Waals surface area contributed by atoms with E-state index in [4.69, 9.17) is 9.47 Å². The molecule has 1 N–H and O–H groups in total. The first kappa shape index (κ1) is 16.5. The van der Waals surface area contributed by atoms with E-state index < -0.39 is 24.1 Å². The van der Waals surface area contributed by atoms with Crippen LogP contribution in [0.25, 0.3) is 0 Å². The molecule has 5 heteroatoms. The minimum absolute atomic E-state index is 0.0573. The summed E-state index contributed by atoms with van der Waals surface area (Å²) in [5.41, 5.74) is 3.20. The largest absolute Gasteiger partial charge is 0.461 e.